The minimum Gasteiger partial charge on any atom is -0.453 e. The van der Waals surface area contributed by atoms with Gasteiger partial charge in [0.05, 0.1) is 12.5 Å². The summed E-state index contributed by atoms with van der Waals surface area (Å²) >= 11 is 1.62. The van der Waals surface area contributed by atoms with Crippen molar-refractivity contribution in [2.75, 3.05) is 32.6 Å². The number of aromatic nitrogens is 2. The van der Waals surface area contributed by atoms with Gasteiger partial charge in [0.25, 0.3) is 0 Å². The average Bonchev–Trinajstić information content (AvgIpc) is 3.19. The van der Waals surface area contributed by atoms with Crippen LogP contribution in [0.1, 0.15) is 18.7 Å². The Bertz CT molecular complexity index is 984. The molecule has 29 heavy (non-hydrogen) atoms. The van der Waals surface area contributed by atoms with E-state index in [4.69, 9.17) is 14.5 Å². The minimum absolute atomic E-state index is 0.230. The highest BCUT2D eigenvalue weighted by Gasteiger charge is 2.25. The Morgan fingerprint density at radius 2 is 1.97 bits per heavy atom. The number of ether oxygens (including phenoxy) is 2. The van der Waals surface area contributed by atoms with Crippen LogP contribution in [0.15, 0.2) is 35.7 Å². The molecule has 1 saturated heterocycles. The minimum atomic E-state index is -0.264. The smallest absolute Gasteiger partial charge is 0.409 e. The monoisotopic (exact) mass is 412 g/mol. The molecule has 1 N–H and O–H groups in total. The third kappa shape index (κ3) is 4.18. The molecule has 1 aliphatic heterocycles. The van der Waals surface area contributed by atoms with Crippen molar-refractivity contribution in [3.8, 4) is 11.1 Å². The topological polar surface area (TPSA) is 76.6 Å². The zero-order chi connectivity index (χ0) is 20.2. The number of amides is 1. The van der Waals surface area contributed by atoms with Crippen LogP contribution in [-0.2, 0) is 16.1 Å². The van der Waals surface area contributed by atoms with Crippen LogP contribution in [0.3, 0.4) is 0 Å². The van der Waals surface area contributed by atoms with Crippen molar-refractivity contribution in [3.05, 3.63) is 41.5 Å². The Morgan fingerprint density at radius 3 is 2.66 bits per heavy atom. The fraction of sp³-hybridized carbons (Fsp3) is 0.381. The van der Waals surface area contributed by atoms with Gasteiger partial charge in [0.1, 0.15) is 17.3 Å². The molecular formula is C21H24N4O3S. The molecule has 1 amide bonds. The van der Waals surface area contributed by atoms with Crippen molar-refractivity contribution in [3.63, 3.8) is 0 Å². The van der Waals surface area contributed by atoms with Crippen LogP contribution < -0.4 is 5.32 Å². The summed E-state index contributed by atoms with van der Waals surface area (Å²) in [4.78, 5) is 23.9. The molecule has 1 fully saturated rings. The first-order valence-corrected chi connectivity index (χ1v) is 10.5. The number of hydrogen-bond donors (Lipinski definition) is 1. The molecule has 0 spiro atoms. The van der Waals surface area contributed by atoms with Crippen LogP contribution in [-0.4, -0.2) is 54.3 Å². The first-order chi connectivity index (χ1) is 14.2. The third-order valence-electron chi connectivity index (χ3n) is 5.11. The molecule has 152 valence electrons. The molecule has 0 bridgehead atoms. The zero-order valence-corrected chi connectivity index (χ0v) is 17.4. The maximum absolute atomic E-state index is 11.7. The quantitative estimate of drug-likeness (QED) is 0.678. The number of thiophene rings is 1. The summed E-state index contributed by atoms with van der Waals surface area (Å²) in [6.45, 7) is 1.70. The van der Waals surface area contributed by atoms with E-state index < -0.39 is 0 Å². The summed E-state index contributed by atoms with van der Waals surface area (Å²) < 4.78 is 10.1. The number of nitrogens with zero attached hydrogens (tertiary/aromatic N) is 3. The van der Waals surface area contributed by atoms with Gasteiger partial charge in [-0.25, -0.2) is 14.8 Å². The number of hydrogen-bond acceptors (Lipinski definition) is 7. The lowest BCUT2D eigenvalue weighted by molar-refractivity contribution is 0.113. The molecule has 0 radical (unpaired) electrons. The number of rotatable bonds is 5. The Morgan fingerprint density at radius 1 is 1.21 bits per heavy atom. The number of benzene rings is 1. The lowest BCUT2D eigenvalue weighted by Gasteiger charge is -2.31. The molecule has 4 rings (SSSR count). The second kappa shape index (κ2) is 8.75. The highest BCUT2D eigenvalue weighted by Crippen LogP contribution is 2.37. The van der Waals surface area contributed by atoms with Gasteiger partial charge in [0.15, 0.2) is 5.82 Å². The predicted molar refractivity (Wildman–Crippen MR) is 114 cm³/mol. The van der Waals surface area contributed by atoms with Crippen LogP contribution in [0.2, 0.25) is 0 Å². The number of carbonyl (C=O) groups excluding carboxylic acids is 1. The lowest BCUT2D eigenvalue weighted by atomic mass is 10.0. The van der Waals surface area contributed by atoms with Crippen LogP contribution in [0.25, 0.3) is 21.3 Å². The number of carbonyl (C=O) groups is 1. The molecule has 8 heteroatoms. The molecular weight excluding hydrogens is 388 g/mol. The summed E-state index contributed by atoms with van der Waals surface area (Å²) in [5.74, 6) is 1.50. The fourth-order valence-electron chi connectivity index (χ4n) is 3.64. The fourth-order valence-corrected chi connectivity index (χ4v) is 4.61. The van der Waals surface area contributed by atoms with Crippen LogP contribution in [0, 0.1) is 0 Å². The van der Waals surface area contributed by atoms with Gasteiger partial charge in [0.2, 0.25) is 0 Å². The number of piperidine rings is 1. The van der Waals surface area contributed by atoms with Crippen molar-refractivity contribution >= 4 is 33.5 Å². The molecule has 2 aromatic heterocycles. The predicted octanol–water partition coefficient (Wildman–Crippen LogP) is 4.15. The van der Waals surface area contributed by atoms with E-state index in [0.717, 1.165) is 40.0 Å². The average molecular weight is 413 g/mol. The standard InChI is InChI=1S/C21H24N4O3S/c1-27-12-17-23-19(22-15-8-10-25(11-9-15)21(26)28-2)18-16(13-29-20(18)24-17)14-6-4-3-5-7-14/h3-7,13,15H,8-12H2,1-2H3,(H,22,23,24). The number of methoxy groups -OCH3 is 2. The van der Waals surface area contributed by atoms with Gasteiger partial charge in [-0.2, -0.15) is 0 Å². The number of anilines is 1. The summed E-state index contributed by atoms with van der Waals surface area (Å²) in [6.07, 6.45) is 1.41. The maximum atomic E-state index is 11.7. The van der Waals surface area contributed by atoms with Gasteiger partial charge in [-0.1, -0.05) is 30.3 Å². The first-order valence-electron chi connectivity index (χ1n) is 9.61. The van der Waals surface area contributed by atoms with Gasteiger partial charge in [-0.05, 0) is 18.4 Å². The van der Waals surface area contributed by atoms with E-state index in [1.54, 1.807) is 23.3 Å². The molecule has 0 unspecified atom stereocenters. The lowest BCUT2D eigenvalue weighted by Crippen LogP contribution is -2.42. The highest BCUT2D eigenvalue weighted by molar-refractivity contribution is 7.17. The molecule has 3 heterocycles. The Labute approximate surface area is 173 Å². The van der Waals surface area contributed by atoms with Crippen molar-refractivity contribution in [1.82, 2.24) is 14.9 Å². The summed E-state index contributed by atoms with van der Waals surface area (Å²) in [5, 5.41) is 6.79. The van der Waals surface area contributed by atoms with E-state index in [1.165, 1.54) is 7.11 Å². The molecule has 0 atom stereocenters. The van der Waals surface area contributed by atoms with E-state index in [-0.39, 0.29) is 12.1 Å². The van der Waals surface area contributed by atoms with Gasteiger partial charge < -0.3 is 19.7 Å². The second-order valence-electron chi connectivity index (χ2n) is 6.99. The van der Waals surface area contributed by atoms with Crippen LogP contribution in [0.5, 0.6) is 0 Å². The zero-order valence-electron chi connectivity index (χ0n) is 16.6. The van der Waals surface area contributed by atoms with Crippen molar-refractivity contribution < 1.29 is 14.3 Å². The molecule has 3 aromatic rings. The summed E-state index contributed by atoms with van der Waals surface area (Å²) in [5.41, 5.74) is 2.27. The molecule has 0 aliphatic carbocycles. The molecule has 1 aliphatic rings. The normalized spacial score (nSPS) is 14.9. The van der Waals surface area contributed by atoms with Gasteiger partial charge in [-0.3, -0.25) is 0 Å². The van der Waals surface area contributed by atoms with Gasteiger partial charge >= 0.3 is 6.09 Å². The number of nitrogens with one attached hydrogen (secondary N) is 1. The Hall–Kier alpha value is -2.71. The van der Waals surface area contributed by atoms with E-state index in [9.17, 15) is 4.79 Å². The summed E-state index contributed by atoms with van der Waals surface area (Å²) in [6, 6.07) is 10.5. The molecule has 7 nitrogen and oxygen atoms in total. The largest absolute Gasteiger partial charge is 0.453 e. The van der Waals surface area contributed by atoms with E-state index in [0.29, 0.717) is 25.5 Å². The third-order valence-corrected chi connectivity index (χ3v) is 5.98. The van der Waals surface area contributed by atoms with Gasteiger partial charge in [-0.15, -0.1) is 11.3 Å². The van der Waals surface area contributed by atoms with Gasteiger partial charge in [0, 0.05) is 37.2 Å². The number of fused-ring (bicyclic) bond motifs is 1. The SMILES string of the molecule is COCc1nc(NC2CCN(C(=O)OC)CC2)c2c(-c3ccccc3)csc2n1. The second-order valence-corrected chi connectivity index (χ2v) is 7.85. The highest BCUT2D eigenvalue weighted by atomic mass is 32.1. The van der Waals surface area contributed by atoms with E-state index in [1.807, 2.05) is 18.2 Å². The Kier molecular flexibility index (Phi) is 5.92. The Balaban J connectivity index is 1.65. The van der Waals surface area contributed by atoms with E-state index >= 15 is 0 Å². The van der Waals surface area contributed by atoms with Crippen LogP contribution >= 0.6 is 11.3 Å². The first kappa shape index (κ1) is 19.6. The van der Waals surface area contributed by atoms with Crippen LogP contribution in [0.4, 0.5) is 10.6 Å². The van der Waals surface area contributed by atoms with Crippen molar-refractivity contribution in [2.45, 2.75) is 25.5 Å². The summed E-state index contributed by atoms with van der Waals surface area (Å²) in [7, 11) is 3.07. The maximum Gasteiger partial charge on any atom is 0.409 e. The molecule has 1 aromatic carbocycles. The molecule has 0 saturated carbocycles. The van der Waals surface area contributed by atoms with Crippen molar-refractivity contribution in [1.29, 1.82) is 0 Å². The number of likely N-dealkylation sites (tertiary alicyclic amines) is 1. The van der Waals surface area contributed by atoms with Crippen molar-refractivity contribution in [2.24, 2.45) is 0 Å². The van der Waals surface area contributed by atoms with E-state index in [2.05, 4.69) is 27.8 Å².